The molecule has 0 spiro atoms. The number of carbonyl (C=O) groups excluding carboxylic acids is 2. The van der Waals surface area contributed by atoms with Crippen molar-refractivity contribution in [1.29, 1.82) is 0 Å². The fourth-order valence-electron chi connectivity index (χ4n) is 5.01. The van der Waals surface area contributed by atoms with Gasteiger partial charge in [-0.2, -0.15) is 0 Å². The van der Waals surface area contributed by atoms with E-state index in [-0.39, 0.29) is 30.8 Å². The van der Waals surface area contributed by atoms with E-state index in [1.54, 1.807) is 23.1 Å². The van der Waals surface area contributed by atoms with Gasteiger partial charge in [0.15, 0.2) is 0 Å². The first-order valence-corrected chi connectivity index (χ1v) is 15.6. The van der Waals surface area contributed by atoms with Gasteiger partial charge in [-0.3, -0.25) is 13.9 Å². The smallest absolute Gasteiger partial charge is 0.243 e. The van der Waals surface area contributed by atoms with Gasteiger partial charge in [-0.25, -0.2) is 8.42 Å². The van der Waals surface area contributed by atoms with Gasteiger partial charge in [-0.1, -0.05) is 67.3 Å². The van der Waals surface area contributed by atoms with E-state index in [0.717, 1.165) is 48.6 Å². The summed E-state index contributed by atoms with van der Waals surface area (Å²) >= 11 is 6.14. The van der Waals surface area contributed by atoms with E-state index in [1.165, 1.54) is 4.31 Å². The second-order valence-corrected chi connectivity index (χ2v) is 12.6. The number of halogens is 1. The van der Waals surface area contributed by atoms with Gasteiger partial charge < -0.3 is 10.2 Å². The molecule has 1 atom stereocenters. The molecule has 2 aromatic rings. The molecular formula is C29H40ClN3O4S. The zero-order chi connectivity index (χ0) is 27.9. The number of carbonyl (C=O) groups is 2. The minimum absolute atomic E-state index is 0.116. The van der Waals surface area contributed by atoms with Crippen molar-refractivity contribution < 1.29 is 18.0 Å². The highest BCUT2D eigenvalue weighted by molar-refractivity contribution is 7.92. The lowest BCUT2D eigenvalue weighted by Crippen LogP contribution is -2.51. The van der Waals surface area contributed by atoms with Crippen molar-refractivity contribution in [2.45, 2.75) is 84.3 Å². The van der Waals surface area contributed by atoms with Crippen LogP contribution in [0.15, 0.2) is 42.5 Å². The van der Waals surface area contributed by atoms with Crippen molar-refractivity contribution >= 4 is 39.1 Å². The van der Waals surface area contributed by atoms with Crippen LogP contribution in [0.2, 0.25) is 5.02 Å². The molecule has 2 amide bonds. The van der Waals surface area contributed by atoms with E-state index < -0.39 is 16.1 Å². The van der Waals surface area contributed by atoms with E-state index >= 15 is 0 Å². The minimum atomic E-state index is -3.59. The van der Waals surface area contributed by atoms with Gasteiger partial charge >= 0.3 is 0 Å². The van der Waals surface area contributed by atoms with E-state index in [9.17, 15) is 18.0 Å². The standard InChI is InChI=1S/C29H40ClN3O4S/c1-5-26(29(35)31-25-9-6-7-10-25)32(20-23-15-12-21(2)13-16-23)28(34)11-8-18-33(38(4,36)37)27-19-24(30)17-14-22(27)3/h12-17,19,25-26H,5-11,18,20H2,1-4H3,(H,31,35)/t26-/m1/s1. The Morgan fingerprint density at radius 2 is 1.74 bits per heavy atom. The number of sulfonamides is 1. The van der Waals surface area contributed by atoms with Crippen LogP contribution >= 0.6 is 11.6 Å². The zero-order valence-corrected chi connectivity index (χ0v) is 24.4. The van der Waals surface area contributed by atoms with Crippen LogP contribution in [-0.4, -0.2) is 50.0 Å². The summed E-state index contributed by atoms with van der Waals surface area (Å²) in [7, 11) is -3.59. The Hall–Kier alpha value is -2.58. The molecule has 0 bridgehead atoms. The van der Waals surface area contributed by atoms with Crippen LogP contribution in [0.3, 0.4) is 0 Å². The molecule has 0 saturated heterocycles. The number of benzene rings is 2. The number of hydrogen-bond donors (Lipinski definition) is 1. The highest BCUT2D eigenvalue weighted by Gasteiger charge is 2.30. The summed E-state index contributed by atoms with van der Waals surface area (Å²) in [5.74, 6) is -0.289. The minimum Gasteiger partial charge on any atom is -0.352 e. The van der Waals surface area contributed by atoms with Crippen LogP contribution in [0.5, 0.6) is 0 Å². The van der Waals surface area contributed by atoms with Crippen LogP contribution in [-0.2, 0) is 26.2 Å². The highest BCUT2D eigenvalue weighted by Crippen LogP contribution is 2.27. The monoisotopic (exact) mass is 561 g/mol. The second kappa shape index (κ2) is 13.5. The quantitative estimate of drug-likeness (QED) is 0.377. The third-order valence-corrected chi connectivity index (χ3v) is 8.57. The summed E-state index contributed by atoms with van der Waals surface area (Å²) in [6, 6.07) is 12.6. The zero-order valence-electron chi connectivity index (χ0n) is 22.9. The van der Waals surface area contributed by atoms with Crippen LogP contribution < -0.4 is 9.62 Å². The predicted octanol–water partition coefficient (Wildman–Crippen LogP) is 5.37. The Kier molecular flexibility index (Phi) is 10.6. The molecule has 9 heteroatoms. The summed E-state index contributed by atoms with van der Waals surface area (Å²) in [5.41, 5.74) is 3.35. The number of rotatable bonds is 12. The van der Waals surface area contributed by atoms with E-state index in [1.807, 2.05) is 45.0 Å². The lowest BCUT2D eigenvalue weighted by Gasteiger charge is -2.32. The Morgan fingerprint density at radius 1 is 1.08 bits per heavy atom. The van der Waals surface area contributed by atoms with Gasteiger partial charge in [-0.15, -0.1) is 0 Å². The third kappa shape index (κ3) is 8.21. The number of hydrogen-bond acceptors (Lipinski definition) is 4. The number of nitrogens with zero attached hydrogens (tertiary/aromatic N) is 2. The molecule has 0 aromatic heterocycles. The van der Waals surface area contributed by atoms with E-state index in [4.69, 9.17) is 11.6 Å². The van der Waals surface area contributed by atoms with Crippen molar-refractivity contribution in [2.24, 2.45) is 0 Å². The summed E-state index contributed by atoms with van der Waals surface area (Å²) in [6.07, 6.45) is 6.23. The van der Waals surface area contributed by atoms with Gasteiger partial charge in [0, 0.05) is 30.6 Å². The van der Waals surface area contributed by atoms with Crippen LogP contribution in [0, 0.1) is 13.8 Å². The summed E-state index contributed by atoms with van der Waals surface area (Å²) < 4.78 is 26.5. The van der Waals surface area contributed by atoms with Crippen LogP contribution in [0.4, 0.5) is 5.69 Å². The SMILES string of the molecule is CC[C@H](C(=O)NC1CCCC1)N(Cc1ccc(C)cc1)C(=O)CCCN(c1cc(Cl)ccc1C)S(C)(=O)=O. The maximum atomic E-state index is 13.6. The molecule has 1 aliphatic rings. The molecule has 0 aliphatic heterocycles. The van der Waals surface area contributed by atoms with Gasteiger partial charge in [0.1, 0.15) is 6.04 Å². The lowest BCUT2D eigenvalue weighted by molar-refractivity contribution is -0.141. The first-order chi connectivity index (χ1) is 18.0. The average Bonchev–Trinajstić information content (AvgIpc) is 3.36. The van der Waals surface area contributed by atoms with E-state index in [0.29, 0.717) is 30.1 Å². The number of nitrogens with one attached hydrogen (secondary N) is 1. The highest BCUT2D eigenvalue weighted by atomic mass is 35.5. The first kappa shape index (κ1) is 30.0. The molecule has 38 heavy (non-hydrogen) atoms. The molecular weight excluding hydrogens is 522 g/mol. The van der Waals surface area contributed by atoms with Crippen molar-refractivity contribution in [3.05, 3.63) is 64.2 Å². The van der Waals surface area contributed by atoms with Gasteiger partial charge in [0.2, 0.25) is 21.8 Å². The number of aryl methyl sites for hydroxylation is 2. The van der Waals surface area contributed by atoms with Crippen molar-refractivity contribution in [1.82, 2.24) is 10.2 Å². The maximum absolute atomic E-state index is 13.6. The molecule has 1 fully saturated rings. The molecule has 3 rings (SSSR count). The summed E-state index contributed by atoms with van der Waals surface area (Å²) in [5, 5.41) is 3.60. The Morgan fingerprint density at radius 3 is 2.34 bits per heavy atom. The third-order valence-electron chi connectivity index (χ3n) is 7.15. The fourth-order valence-corrected chi connectivity index (χ4v) is 6.19. The number of amides is 2. The van der Waals surface area contributed by atoms with Crippen molar-refractivity contribution in [3.8, 4) is 0 Å². The van der Waals surface area contributed by atoms with Gasteiger partial charge in [0.25, 0.3) is 0 Å². The molecule has 1 saturated carbocycles. The predicted molar refractivity (Wildman–Crippen MR) is 154 cm³/mol. The molecule has 0 heterocycles. The fraction of sp³-hybridized carbons (Fsp3) is 0.517. The van der Waals surface area contributed by atoms with Gasteiger partial charge in [0.05, 0.1) is 11.9 Å². The molecule has 1 N–H and O–H groups in total. The molecule has 2 aromatic carbocycles. The van der Waals surface area contributed by atoms with E-state index in [2.05, 4.69) is 5.32 Å². The average molecular weight is 562 g/mol. The first-order valence-electron chi connectivity index (χ1n) is 13.4. The summed E-state index contributed by atoms with van der Waals surface area (Å²) in [6.45, 7) is 6.20. The van der Waals surface area contributed by atoms with Crippen molar-refractivity contribution in [3.63, 3.8) is 0 Å². The molecule has 0 radical (unpaired) electrons. The molecule has 208 valence electrons. The lowest BCUT2D eigenvalue weighted by atomic mass is 10.1. The van der Waals surface area contributed by atoms with Crippen LogP contribution in [0.1, 0.15) is 68.6 Å². The second-order valence-electron chi connectivity index (χ2n) is 10.3. The summed E-state index contributed by atoms with van der Waals surface area (Å²) in [4.78, 5) is 28.5. The number of anilines is 1. The molecule has 0 unspecified atom stereocenters. The topological polar surface area (TPSA) is 86.8 Å². The van der Waals surface area contributed by atoms with Crippen LogP contribution in [0.25, 0.3) is 0 Å². The largest absolute Gasteiger partial charge is 0.352 e. The van der Waals surface area contributed by atoms with Gasteiger partial charge in [-0.05, 0) is 62.8 Å². The van der Waals surface area contributed by atoms with Crippen molar-refractivity contribution in [2.75, 3.05) is 17.1 Å². The molecule has 7 nitrogen and oxygen atoms in total. The Bertz CT molecular complexity index is 1210. The Labute approximate surface area is 232 Å². The maximum Gasteiger partial charge on any atom is 0.243 e. The Balaban J connectivity index is 1.77. The normalized spacial score (nSPS) is 14.8. The molecule has 1 aliphatic carbocycles.